The van der Waals surface area contributed by atoms with Gasteiger partial charge in [0.1, 0.15) is 0 Å². The zero-order valence-corrected chi connectivity index (χ0v) is 9.46. The Balaban J connectivity index is 2.59. The summed E-state index contributed by atoms with van der Waals surface area (Å²) in [6.45, 7) is 8.56. The molecule has 1 rings (SSSR count). The van der Waals surface area contributed by atoms with Crippen LogP contribution < -0.4 is 10.6 Å². The summed E-state index contributed by atoms with van der Waals surface area (Å²) >= 11 is 0. The van der Waals surface area contributed by atoms with Gasteiger partial charge in [0, 0.05) is 23.5 Å². The Morgan fingerprint density at radius 1 is 0.714 bits per heavy atom. The number of benzene rings is 1. The molecule has 2 nitrogen and oxygen atoms in total. The van der Waals surface area contributed by atoms with E-state index in [4.69, 9.17) is 0 Å². The molecule has 0 saturated heterocycles. The van der Waals surface area contributed by atoms with Gasteiger partial charge in [-0.05, 0) is 52.0 Å². The van der Waals surface area contributed by atoms with Crippen molar-refractivity contribution < 1.29 is 0 Å². The Hall–Kier alpha value is -1.18. The lowest BCUT2D eigenvalue weighted by Gasteiger charge is -2.12. The first-order chi connectivity index (χ1) is 6.58. The lowest BCUT2D eigenvalue weighted by atomic mass is 10.2. The van der Waals surface area contributed by atoms with Crippen LogP contribution in [0.2, 0.25) is 0 Å². The van der Waals surface area contributed by atoms with Gasteiger partial charge >= 0.3 is 0 Å². The van der Waals surface area contributed by atoms with E-state index in [0.717, 1.165) is 0 Å². The topological polar surface area (TPSA) is 24.1 Å². The van der Waals surface area contributed by atoms with Crippen molar-refractivity contribution in [1.82, 2.24) is 0 Å². The standard InChI is InChI=1S/C12H20N2/c1-9(2)13-11-5-7-12(8-6-11)14-10(3)4/h5-10,13-14H,1-4H3. The minimum absolute atomic E-state index is 0.485. The quantitative estimate of drug-likeness (QED) is 0.764. The number of rotatable bonds is 4. The number of hydrogen-bond donors (Lipinski definition) is 2. The van der Waals surface area contributed by atoms with E-state index in [1.165, 1.54) is 11.4 Å². The Bertz CT molecular complexity index is 233. The van der Waals surface area contributed by atoms with Crippen LogP contribution in [0, 0.1) is 0 Å². The van der Waals surface area contributed by atoms with E-state index in [1.54, 1.807) is 0 Å². The average molecular weight is 192 g/mol. The predicted molar refractivity (Wildman–Crippen MR) is 64.0 cm³/mol. The molecule has 0 unspecified atom stereocenters. The van der Waals surface area contributed by atoms with Gasteiger partial charge in [-0.15, -0.1) is 0 Å². The van der Waals surface area contributed by atoms with Crippen molar-refractivity contribution in [2.45, 2.75) is 39.8 Å². The first-order valence-corrected chi connectivity index (χ1v) is 5.21. The molecule has 2 N–H and O–H groups in total. The second-order valence-electron chi connectivity index (χ2n) is 4.18. The maximum Gasteiger partial charge on any atom is 0.0343 e. The van der Waals surface area contributed by atoms with Crippen LogP contribution in [0.15, 0.2) is 24.3 Å². The normalized spacial score (nSPS) is 10.7. The summed E-state index contributed by atoms with van der Waals surface area (Å²) < 4.78 is 0. The smallest absolute Gasteiger partial charge is 0.0343 e. The number of nitrogens with one attached hydrogen (secondary N) is 2. The molecule has 0 fully saturated rings. The Morgan fingerprint density at radius 2 is 1.00 bits per heavy atom. The van der Waals surface area contributed by atoms with Crippen molar-refractivity contribution in [3.05, 3.63) is 24.3 Å². The Labute approximate surface area is 86.7 Å². The molecule has 0 amide bonds. The maximum absolute atomic E-state index is 3.36. The molecule has 0 heterocycles. The molecule has 2 heteroatoms. The van der Waals surface area contributed by atoms with Crippen LogP contribution in [0.3, 0.4) is 0 Å². The van der Waals surface area contributed by atoms with E-state index in [2.05, 4.69) is 62.6 Å². The van der Waals surface area contributed by atoms with Crippen LogP contribution in [-0.2, 0) is 0 Å². The molecule has 1 aromatic rings. The van der Waals surface area contributed by atoms with E-state index in [9.17, 15) is 0 Å². The van der Waals surface area contributed by atoms with Crippen LogP contribution in [0.5, 0.6) is 0 Å². The molecule has 0 saturated carbocycles. The molecular weight excluding hydrogens is 172 g/mol. The van der Waals surface area contributed by atoms with Gasteiger partial charge in [0.2, 0.25) is 0 Å². The van der Waals surface area contributed by atoms with Gasteiger partial charge in [-0.1, -0.05) is 0 Å². The molecule has 0 aliphatic carbocycles. The number of anilines is 2. The third-order valence-corrected chi connectivity index (χ3v) is 1.80. The van der Waals surface area contributed by atoms with Crippen molar-refractivity contribution in [2.75, 3.05) is 10.6 Å². The number of hydrogen-bond acceptors (Lipinski definition) is 2. The molecule has 0 aromatic heterocycles. The Morgan fingerprint density at radius 3 is 1.21 bits per heavy atom. The average Bonchev–Trinajstić information content (AvgIpc) is 2.06. The minimum atomic E-state index is 0.485. The summed E-state index contributed by atoms with van der Waals surface area (Å²) in [6, 6.07) is 9.38. The fourth-order valence-corrected chi connectivity index (χ4v) is 1.33. The molecule has 0 spiro atoms. The zero-order valence-electron chi connectivity index (χ0n) is 9.46. The van der Waals surface area contributed by atoms with Crippen molar-refractivity contribution in [3.63, 3.8) is 0 Å². The molecular formula is C12H20N2. The van der Waals surface area contributed by atoms with E-state index in [-0.39, 0.29) is 0 Å². The third-order valence-electron chi connectivity index (χ3n) is 1.80. The SMILES string of the molecule is CC(C)Nc1ccc(NC(C)C)cc1. The molecule has 0 radical (unpaired) electrons. The summed E-state index contributed by atoms with van der Waals surface area (Å²) in [5.74, 6) is 0. The van der Waals surface area contributed by atoms with Gasteiger partial charge < -0.3 is 10.6 Å². The van der Waals surface area contributed by atoms with Crippen molar-refractivity contribution in [3.8, 4) is 0 Å². The molecule has 78 valence electrons. The zero-order chi connectivity index (χ0) is 10.6. The first kappa shape index (κ1) is 10.9. The lowest BCUT2D eigenvalue weighted by molar-refractivity contribution is 0.895. The van der Waals surface area contributed by atoms with Crippen LogP contribution >= 0.6 is 0 Å². The van der Waals surface area contributed by atoms with Gasteiger partial charge in [-0.25, -0.2) is 0 Å². The molecule has 0 aliphatic rings. The maximum atomic E-state index is 3.36. The Kier molecular flexibility index (Phi) is 3.81. The third kappa shape index (κ3) is 3.69. The highest BCUT2D eigenvalue weighted by Gasteiger charge is 1.97. The fraction of sp³-hybridized carbons (Fsp3) is 0.500. The summed E-state index contributed by atoms with van der Waals surface area (Å²) in [5.41, 5.74) is 2.35. The largest absolute Gasteiger partial charge is 0.383 e. The van der Waals surface area contributed by atoms with E-state index in [0.29, 0.717) is 12.1 Å². The van der Waals surface area contributed by atoms with E-state index < -0.39 is 0 Å². The highest BCUT2D eigenvalue weighted by Crippen LogP contribution is 2.14. The van der Waals surface area contributed by atoms with Gasteiger partial charge in [-0.3, -0.25) is 0 Å². The monoisotopic (exact) mass is 192 g/mol. The summed E-state index contributed by atoms with van der Waals surface area (Å²) in [6.07, 6.45) is 0. The minimum Gasteiger partial charge on any atom is -0.383 e. The van der Waals surface area contributed by atoms with Crippen molar-refractivity contribution in [1.29, 1.82) is 0 Å². The highest BCUT2D eigenvalue weighted by atomic mass is 14.9. The van der Waals surface area contributed by atoms with E-state index in [1.807, 2.05) is 0 Å². The van der Waals surface area contributed by atoms with Crippen molar-refractivity contribution in [2.24, 2.45) is 0 Å². The van der Waals surface area contributed by atoms with Gasteiger partial charge in [-0.2, -0.15) is 0 Å². The van der Waals surface area contributed by atoms with E-state index >= 15 is 0 Å². The van der Waals surface area contributed by atoms with Gasteiger partial charge in [0.05, 0.1) is 0 Å². The fourth-order valence-electron chi connectivity index (χ4n) is 1.33. The second kappa shape index (κ2) is 4.89. The first-order valence-electron chi connectivity index (χ1n) is 5.21. The molecule has 0 aliphatic heterocycles. The van der Waals surface area contributed by atoms with Crippen LogP contribution in [0.1, 0.15) is 27.7 Å². The molecule has 14 heavy (non-hydrogen) atoms. The lowest BCUT2D eigenvalue weighted by Crippen LogP contribution is -2.11. The van der Waals surface area contributed by atoms with Crippen LogP contribution in [-0.4, -0.2) is 12.1 Å². The van der Waals surface area contributed by atoms with Gasteiger partial charge in [0.25, 0.3) is 0 Å². The summed E-state index contributed by atoms with van der Waals surface area (Å²) in [5, 5.41) is 6.71. The van der Waals surface area contributed by atoms with Gasteiger partial charge in [0.15, 0.2) is 0 Å². The molecule has 1 aromatic carbocycles. The second-order valence-corrected chi connectivity index (χ2v) is 4.18. The highest BCUT2D eigenvalue weighted by molar-refractivity contribution is 5.54. The molecule has 0 atom stereocenters. The van der Waals surface area contributed by atoms with Crippen LogP contribution in [0.25, 0.3) is 0 Å². The summed E-state index contributed by atoms with van der Waals surface area (Å²) in [7, 11) is 0. The van der Waals surface area contributed by atoms with Crippen LogP contribution in [0.4, 0.5) is 11.4 Å². The molecule has 0 bridgehead atoms. The predicted octanol–water partition coefficient (Wildman–Crippen LogP) is 3.33. The van der Waals surface area contributed by atoms with Crippen molar-refractivity contribution >= 4 is 11.4 Å². The summed E-state index contributed by atoms with van der Waals surface area (Å²) in [4.78, 5) is 0.